The van der Waals surface area contributed by atoms with E-state index in [0.29, 0.717) is 25.3 Å². The molecule has 0 aromatic carbocycles. The van der Waals surface area contributed by atoms with E-state index in [1.165, 1.54) is 0 Å². The number of carbonyl (C=O) groups is 2. The molecule has 1 amide bonds. The van der Waals surface area contributed by atoms with Crippen LogP contribution in [-0.4, -0.2) is 36.7 Å². The van der Waals surface area contributed by atoms with Crippen LogP contribution in [0.15, 0.2) is 0 Å². The van der Waals surface area contributed by atoms with Gasteiger partial charge in [-0.15, -0.1) is 0 Å². The lowest BCUT2D eigenvalue weighted by atomic mass is 10.0. The van der Waals surface area contributed by atoms with E-state index in [4.69, 9.17) is 9.84 Å². The standard InChI is InChI=1S/C11H19NO4/c13-10(12-6-1-2-11(14)15)4-3-9-5-7-16-8-9/h9H,1-8H2,(H,12,13)(H,14,15). The molecule has 0 radical (unpaired) electrons. The maximum Gasteiger partial charge on any atom is 0.303 e. The molecule has 92 valence electrons. The number of hydrogen-bond acceptors (Lipinski definition) is 3. The van der Waals surface area contributed by atoms with Gasteiger partial charge in [-0.05, 0) is 25.2 Å². The van der Waals surface area contributed by atoms with E-state index in [9.17, 15) is 9.59 Å². The average Bonchev–Trinajstić information content (AvgIpc) is 2.74. The number of ether oxygens (including phenoxy) is 1. The van der Waals surface area contributed by atoms with Crippen LogP contribution in [0.5, 0.6) is 0 Å². The van der Waals surface area contributed by atoms with E-state index >= 15 is 0 Å². The van der Waals surface area contributed by atoms with Crippen molar-refractivity contribution in [2.45, 2.75) is 32.1 Å². The van der Waals surface area contributed by atoms with Crippen molar-refractivity contribution in [2.75, 3.05) is 19.8 Å². The van der Waals surface area contributed by atoms with E-state index in [1.54, 1.807) is 0 Å². The lowest BCUT2D eigenvalue weighted by Crippen LogP contribution is -2.25. The van der Waals surface area contributed by atoms with Gasteiger partial charge in [-0.3, -0.25) is 9.59 Å². The number of carboxylic acid groups (broad SMARTS) is 1. The Hall–Kier alpha value is -1.10. The first-order valence-corrected chi connectivity index (χ1v) is 5.74. The fraction of sp³-hybridized carbons (Fsp3) is 0.818. The smallest absolute Gasteiger partial charge is 0.303 e. The van der Waals surface area contributed by atoms with Gasteiger partial charge in [0.1, 0.15) is 0 Å². The van der Waals surface area contributed by atoms with Crippen molar-refractivity contribution >= 4 is 11.9 Å². The number of aliphatic carboxylic acids is 1. The molecule has 5 nitrogen and oxygen atoms in total. The Kier molecular flexibility index (Phi) is 5.85. The van der Waals surface area contributed by atoms with Gasteiger partial charge >= 0.3 is 5.97 Å². The third kappa shape index (κ3) is 5.70. The highest BCUT2D eigenvalue weighted by atomic mass is 16.5. The van der Waals surface area contributed by atoms with Crippen molar-refractivity contribution in [3.8, 4) is 0 Å². The number of carboxylic acids is 1. The minimum absolute atomic E-state index is 0.0114. The summed E-state index contributed by atoms with van der Waals surface area (Å²) in [6, 6.07) is 0. The Morgan fingerprint density at radius 2 is 2.19 bits per heavy atom. The fourth-order valence-electron chi connectivity index (χ4n) is 1.70. The summed E-state index contributed by atoms with van der Waals surface area (Å²) in [6.07, 6.45) is 3.03. The number of carbonyl (C=O) groups excluding carboxylic acids is 1. The molecule has 1 rings (SSSR count). The molecule has 0 aromatic heterocycles. The third-order valence-corrected chi connectivity index (χ3v) is 2.69. The van der Waals surface area contributed by atoms with Crippen molar-refractivity contribution in [1.82, 2.24) is 5.32 Å². The monoisotopic (exact) mass is 229 g/mol. The molecule has 16 heavy (non-hydrogen) atoms. The van der Waals surface area contributed by atoms with Gasteiger partial charge < -0.3 is 15.2 Å². The Bertz CT molecular complexity index is 236. The van der Waals surface area contributed by atoms with Crippen LogP contribution < -0.4 is 5.32 Å². The highest BCUT2D eigenvalue weighted by molar-refractivity contribution is 5.75. The third-order valence-electron chi connectivity index (χ3n) is 2.69. The minimum Gasteiger partial charge on any atom is -0.481 e. The van der Waals surface area contributed by atoms with Gasteiger partial charge in [-0.1, -0.05) is 0 Å². The molecule has 1 atom stereocenters. The van der Waals surface area contributed by atoms with E-state index in [-0.39, 0.29) is 12.3 Å². The van der Waals surface area contributed by atoms with Crippen molar-refractivity contribution in [3.05, 3.63) is 0 Å². The first kappa shape index (κ1) is 13.0. The molecule has 1 saturated heterocycles. The van der Waals surface area contributed by atoms with Crippen LogP contribution in [0.1, 0.15) is 32.1 Å². The van der Waals surface area contributed by atoms with Crippen LogP contribution in [0, 0.1) is 5.92 Å². The van der Waals surface area contributed by atoms with Crippen molar-refractivity contribution in [2.24, 2.45) is 5.92 Å². The molecule has 1 aliphatic heterocycles. The van der Waals surface area contributed by atoms with Crippen LogP contribution in [-0.2, 0) is 14.3 Å². The average molecular weight is 229 g/mol. The maximum absolute atomic E-state index is 11.3. The van der Waals surface area contributed by atoms with Gasteiger partial charge in [0.15, 0.2) is 0 Å². The van der Waals surface area contributed by atoms with E-state index in [1.807, 2.05) is 0 Å². The van der Waals surface area contributed by atoms with Crippen LogP contribution in [0.3, 0.4) is 0 Å². The quantitative estimate of drug-likeness (QED) is 0.633. The Morgan fingerprint density at radius 1 is 1.38 bits per heavy atom. The number of nitrogens with one attached hydrogen (secondary N) is 1. The molecule has 1 fully saturated rings. The van der Waals surface area contributed by atoms with E-state index in [2.05, 4.69) is 5.32 Å². The van der Waals surface area contributed by atoms with Gasteiger partial charge in [0, 0.05) is 32.6 Å². The zero-order valence-corrected chi connectivity index (χ0v) is 9.41. The summed E-state index contributed by atoms with van der Waals surface area (Å²) in [4.78, 5) is 21.6. The Balaban J connectivity index is 1.95. The maximum atomic E-state index is 11.3. The van der Waals surface area contributed by atoms with Crippen molar-refractivity contribution < 1.29 is 19.4 Å². The highest BCUT2D eigenvalue weighted by Gasteiger charge is 2.16. The molecule has 5 heteroatoms. The number of amides is 1. The van der Waals surface area contributed by atoms with Crippen LogP contribution >= 0.6 is 0 Å². The SMILES string of the molecule is O=C(O)CCCNC(=O)CCC1CCOC1. The second-order valence-electron chi connectivity index (χ2n) is 4.12. The Labute approximate surface area is 95.2 Å². The number of rotatable bonds is 7. The second kappa shape index (κ2) is 7.22. The molecular weight excluding hydrogens is 210 g/mol. The molecule has 0 aliphatic carbocycles. The van der Waals surface area contributed by atoms with E-state index < -0.39 is 5.97 Å². The molecule has 1 unspecified atom stereocenters. The summed E-state index contributed by atoms with van der Waals surface area (Å²) < 4.78 is 5.22. The molecule has 0 aromatic rings. The zero-order chi connectivity index (χ0) is 11.8. The van der Waals surface area contributed by atoms with E-state index in [0.717, 1.165) is 26.1 Å². The largest absolute Gasteiger partial charge is 0.481 e. The summed E-state index contributed by atoms with van der Waals surface area (Å²) in [5.41, 5.74) is 0. The first-order valence-electron chi connectivity index (χ1n) is 5.74. The van der Waals surface area contributed by atoms with Crippen LogP contribution in [0.4, 0.5) is 0 Å². The summed E-state index contributed by atoms with van der Waals surface area (Å²) in [7, 11) is 0. The van der Waals surface area contributed by atoms with Gasteiger partial charge in [0.05, 0.1) is 0 Å². The lowest BCUT2D eigenvalue weighted by Gasteiger charge is -2.07. The lowest BCUT2D eigenvalue weighted by molar-refractivity contribution is -0.137. The number of hydrogen-bond donors (Lipinski definition) is 2. The first-order chi connectivity index (χ1) is 7.68. The van der Waals surface area contributed by atoms with Crippen LogP contribution in [0.25, 0.3) is 0 Å². The normalized spacial score (nSPS) is 19.6. The Morgan fingerprint density at radius 3 is 2.81 bits per heavy atom. The summed E-state index contributed by atoms with van der Waals surface area (Å²) in [6.45, 7) is 2.03. The van der Waals surface area contributed by atoms with Gasteiger partial charge in [0.25, 0.3) is 0 Å². The minimum atomic E-state index is -0.822. The molecule has 0 bridgehead atoms. The topological polar surface area (TPSA) is 75.6 Å². The van der Waals surface area contributed by atoms with Gasteiger partial charge in [-0.2, -0.15) is 0 Å². The molecule has 0 saturated carbocycles. The molecule has 1 heterocycles. The van der Waals surface area contributed by atoms with Gasteiger partial charge in [-0.25, -0.2) is 0 Å². The fourth-order valence-corrected chi connectivity index (χ4v) is 1.70. The molecule has 1 aliphatic rings. The zero-order valence-electron chi connectivity index (χ0n) is 9.41. The molecular formula is C11H19NO4. The second-order valence-corrected chi connectivity index (χ2v) is 4.12. The summed E-state index contributed by atoms with van der Waals surface area (Å²) >= 11 is 0. The van der Waals surface area contributed by atoms with Crippen molar-refractivity contribution in [1.29, 1.82) is 0 Å². The summed E-state index contributed by atoms with van der Waals surface area (Å²) in [5.74, 6) is -0.292. The predicted molar refractivity (Wildman–Crippen MR) is 58.0 cm³/mol. The molecule has 2 N–H and O–H groups in total. The summed E-state index contributed by atoms with van der Waals surface area (Å²) in [5, 5.41) is 11.1. The predicted octanol–water partition coefficient (Wildman–Crippen LogP) is 0.784. The highest BCUT2D eigenvalue weighted by Crippen LogP contribution is 2.17. The van der Waals surface area contributed by atoms with Gasteiger partial charge in [0.2, 0.25) is 5.91 Å². The van der Waals surface area contributed by atoms with Crippen molar-refractivity contribution in [3.63, 3.8) is 0 Å². The van der Waals surface area contributed by atoms with Crippen LogP contribution in [0.2, 0.25) is 0 Å². The molecule has 0 spiro atoms.